The van der Waals surface area contributed by atoms with Crippen molar-refractivity contribution in [3.8, 4) is 0 Å². The number of nitrogens with zero attached hydrogens (tertiary/aromatic N) is 1. The molecule has 5 heteroatoms. The van der Waals surface area contributed by atoms with Crippen LogP contribution in [-0.2, 0) is 0 Å². The zero-order chi connectivity index (χ0) is 11.8. The molecule has 0 aliphatic carbocycles. The Morgan fingerprint density at radius 2 is 2.31 bits per heavy atom. The molecule has 1 aromatic rings. The van der Waals surface area contributed by atoms with Crippen LogP contribution >= 0.6 is 0 Å². The van der Waals surface area contributed by atoms with E-state index in [9.17, 15) is 9.90 Å². The summed E-state index contributed by atoms with van der Waals surface area (Å²) in [7, 11) is 0. The van der Waals surface area contributed by atoms with Crippen molar-refractivity contribution in [1.29, 1.82) is 0 Å². The predicted molar refractivity (Wildman–Crippen MR) is 57.7 cm³/mol. The maximum Gasteiger partial charge on any atom is 0.371 e. The fourth-order valence-corrected chi connectivity index (χ4v) is 2.02. The Labute approximate surface area is 93.3 Å². The summed E-state index contributed by atoms with van der Waals surface area (Å²) in [5, 5.41) is 18.7. The van der Waals surface area contributed by atoms with Gasteiger partial charge in [-0.3, -0.25) is 0 Å². The van der Waals surface area contributed by atoms with E-state index < -0.39 is 11.6 Å². The molecule has 0 saturated carbocycles. The number of carbonyl (C=O) groups is 1. The third-order valence-corrected chi connectivity index (χ3v) is 2.79. The van der Waals surface area contributed by atoms with Gasteiger partial charge in [-0.05, 0) is 25.8 Å². The van der Waals surface area contributed by atoms with Crippen LogP contribution in [-0.4, -0.2) is 34.9 Å². The minimum atomic E-state index is -1.07. The van der Waals surface area contributed by atoms with Crippen LogP contribution < -0.4 is 4.90 Å². The fourth-order valence-electron chi connectivity index (χ4n) is 2.02. The molecule has 2 N–H and O–H groups in total. The van der Waals surface area contributed by atoms with Gasteiger partial charge in [0.15, 0.2) is 5.88 Å². The first-order valence-electron chi connectivity index (χ1n) is 5.28. The van der Waals surface area contributed by atoms with Gasteiger partial charge in [0, 0.05) is 19.2 Å². The molecule has 0 radical (unpaired) electrons. The summed E-state index contributed by atoms with van der Waals surface area (Å²) in [4.78, 5) is 12.5. The molecule has 0 aromatic carbocycles. The molecule has 88 valence electrons. The van der Waals surface area contributed by atoms with Crippen LogP contribution in [0.1, 0.15) is 30.3 Å². The molecule has 2 rings (SSSR count). The smallest absolute Gasteiger partial charge is 0.371 e. The van der Waals surface area contributed by atoms with E-state index in [0.29, 0.717) is 12.4 Å². The summed E-state index contributed by atoms with van der Waals surface area (Å²) >= 11 is 0. The van der Waals surface area contributed by atoms with Crippen LogP contribution in [0.15, 0.2) is 16.5 Å². The average molecular weight is 225 g/mol. The van der Waals surface area contributed by atoms with Crippen LogP contribution in [0.5, 0.6) is 0 Å². The molecule has 1 atom stereocenters. The van der Waals surface area contributed by atoms with Crippen molar-refractivity contribution in [1.82, 2.24) is 0 Å². The topological polar surface area (TPSA) is 73.9 Å². The second-order valence-corrected chi connectivity index (χ2v) is 4.47. The molecule has 1 aliphatic heterocycles. The molecular formula is C11H15NO4. The SMILES string of the molecule is CC1(O)CCCN(c2ccc(C(=O)O)o2)C1. The van der Waals surface area contributed by atoms with E-state index in [-0.39, 0.29) is 5.76 Å². The van der Waals surface area contributed by atoms with Crippen LogP contribution in [0.4, 0.5) is 5.88 Å². The number of aromatic carboxylic acids is 1. The van der Waals surface area contributed by atoms with E-state index in [1.807, 2.05) is 4.90 Å². The lowest BCUT2D eigenvalue weighted by Gasteiger charge is -2.36. The van der Waals surface area contributed by atoms with E-state index in [0.717, 1.165) is 19.4 Å². The highest BCUT2D eigenvalue weighted by molar-refractivity contribution is 5.84. The fraction of sp³-hybridized carbons (Fsp3) is 0.545. The van der Waals surface area contributed by atoms with Gasteiger partial charge in [0.25, 0.3) is 0 Å². The monoisotopic (exact) mass is 225 g/mol. The lowest BCUT2D eigenvalue weighted by molar-refractivity contribution is 0.0436. The van der Waals surface area contributed by atoms with Crippen molar-refractivity contribution >= 4 is 11.9 Å². The second kappa shape index (κ2) is 3.83. The number of aliphatic hydroxyl groups is 1. The zero-order valence-electron chi connectivity index (χ0n) is 9.14. The number of carboxylic acids is 1. The summed E-state index contributed by atoms with van der Waals surface area (Å²) in [5.74, 6) is -0.632. The molecule has 5 nitrogen and oxygen atoms in total. The Morgan fingerprint density at radius 3 is 2.88 bits per heavy atom. The maximum absolute atomic E-state index is 10.7. The van der Waals surface area contributed by atoms with Gasteiger partial charge < -0.3 is 19.5 Å². The number of piperidine rings is 1. The summed E-state index contributed by atoms with van der Waals surface area (Å²) in [6, 6.07) is 3.06. The van der Waals surface area contributed by atoms with Crippen LogP contribution in [0.2, 0.25) is 0 Å². The molecule has 0 amide bonds. The maximum atomic E-state index is 10.7. The number of β-amino-alcohol motifs (C(OH)–C–C–N with tert-alkyl or cyclic N) is 1. The quantitative estimate of drug-likeness (QED) is 0.794. The highest BCUT2D eigenvalue weighted by Crippen LogP contribution is 2.27. The van der Waals surface area contributed by atoms with Crippen LogP contribution in [0.3, 0.4) is 0 Å². The van der Waals surface area contributed by atoms with Crippen molar-refractivity contribution < 1.29 is 19.4 Å². The van der Waals surface area contributed by atoms with Gasteiger partial charge in [0.1, 0.15) is 0 Å². The van der Waals surface area contributed by atoms with Gasteiger partial charge in [0.05, 0.1) is 5.60 Å². The van der Waals surface area contributed by atoms with Crippen molar-refractivity contribution in [3.05, 3.63) is 17.9 Å². The first-order chi connectivity index (χ1) is 7.48. The minimum Gasteiger partial charge on any atom is -0.475 e. The molecular weight excluding hydrogens is 210 g/mol. The number of carboxylic acid groups (broad SMARTS) is 1. The van der Waals surface area contributed by atoms with Crippen molar-refractivity contribution in [2.75, 3.05) is 18.0 Å². The Balaban J connectivity index is 2.14. The highest BCUT2D eigenvalue weighted by atomic mass is 16.4. The number of furan rings is 1. The average Bonchev–Trinajstić information content (AvgIpc) is 2.64. The normalized spacial score (nSPS) is 25.8. The third kappa shape index (κ3) is 2.19. The standard InChI is InChI=1S/C11H15NO4/c1-11(15)5-2-6-12(7-11)9-4-3-8(16-9)10(13)14/h3-4,15H,2,5-7H2,1H3,(H,13,14). The molecule has 1 unspecified atom stereocenters. The van der Waals surface area contributed by atoms with Crippen molar-refractivity contribution in [2.24, 2.45) is 0 Å². The van der Waals surface area contributed by atoms with Gasteiger partial charge >= 0.3 is 5.97 Å². The van der Waals surface area contributed by atoms with E-state index in [1.165, 1.54) is 6.07 Å². The Morgan fingerprint density at radius 1 is 1.56 bits per heavy atom. The van der Waals surface area contributed by atoms with Crippen LogP contribution in [0.25, 0.3) is 0 Å². The summed E-state index contributed by atoms with van der Waals surface area (Å²) < 4.78 is 5.19. The Kier molecular flexibility index (Phi) is 2.63. The number of hydrogen-bond donors (Lipinski definition) is 2. The van der Waals surface area contributed by atoms with Gasteiger partial charge in [-0.15, -0.1) is 0 Å². The zero-order valence-corrected chi connectivity index (χ0v) is 9.14. The van der Waals surface area contributed by atoms with Gasteiger partial charge in [-0.2, -0.15) is 0 Å². The molecule has 0 spiro atoms. The van der Waals surface area contributed by atoms with Gasteiger partial charge in [-0.25, -0.2) is 4.79 Å². The molecule has 1 saturated heterocycles. The van der Waals surface area contributed by atoms with E-state index in [4.69, 9.17) is 9.52 Å². The molecule has 1 aliphatic rings. The Hall–Kier alpha value is -1.49. The molecule has 0 bridgehead atoms. The van der Waals surface area contributed by atoms with Gasteiger partial charge in [0.2, 0.25) is 5.76 Å². The number of rotatable bonds is 2. The van der Waals surface area contributed by atoms with Crippen LogP contribution in [0, 0.1) is 0 Å². The lowest BCUT2D eigenvalue weighted by atomic mass is 9.95. The summed E-state index contributed by atoms with van der Waals surface area (Å²) in [6.45, 7) is 3.03. The Bertz CT molecular complexity index is 396. The van der Waals surface area contributed by atoms with E-state index in [2.05, 4.69) is 0 Å². The molecule has 1 fully saturated rings. The summed E-state index contributed by atoms with van der Waals surface area (Å²) in [6.07, 6.45) is 1.63. The highest BCUT2D eigenvalue weighted by Gasteiger charge is 2.30. The molecule has 1 aromatic heterocycles. The van der Waals surface area contributed by atoms with Gasteiger partial charge in [-0.1, -0.05) is 0 Å². The second-order valence-electron chi connectivity index (χ2n) is 4.47. The molecule has 16 heavy (non-hydrogen) atoms. The largest absolute Gasteiger partial charge is 0.475 e. The predicted octanol–water partition coefficient (Wildman–Crippen LogP) is 1.33. The minimum absolute atomic E-state index is 0.0692. The lowest BCUT2D eigenvalue weighted by Crippen LogP contribution is -2.46. The van der Waals surface area contributed by atoms with Crippen molar-refractivity contribution in [3.63, 3.8) is 0 Å². The first-order valence-corrected chi connectivity index (χ1v) is 5.28. The van der Waals surface area contributed by atoms with Crippen molar-refractivity contribution in [2.45, 2.75) is 25.4 Å². The number of anilines is 1. The van der Waals surface area contributed by atoms with E-state index in [1.54, 1.807) is 13.0 Å². The van der Waals surface area contributed by atoms with E-state index >= 15 is 0 Å². The first kappa shape index (κ1) is 11.0. The third-order valence-electron chi connectivity index (χ3n) is 2.79. The molecule has 2 heterocycles. The summed E-state index contributed by atoms with van der Waals surface area (Å²) in [5.41, 5.74) is -0.728. The number of hydrogen-bond acceptors (Lipinski definition) is 4.